The molecule has 0 bridgehead atoms. The van der Waals surface area contributed by atoms with E-state index in [0.717, 1.165) is 0 Å². The fourth-order valence-corrected chi connectivity index (χ4v) is 1.36. The summed E-state index contributed by atoms with van der Waals surface area (Å²) >= 11 is 0. The van der Waals surface area contributed by atoms with Crippen LogP contribution in [0.4, 0.5) is 0 Å². The van der Waals surface area contributed by atoms with Crippen LogP contribution in [0.15, 0.2) is 30.3 Å². The third kappa shape index (κ3) is 2.70. The van der Waals surface area contributed by atoms with Crippen LogP contribution in [0.25, 0.3) is 0 Å². The van der Waals surface area contributed by atoms with Gasteiger partial charge in [0.05, 0.1) is 6.61 Å². The molecule has 2 rings (SSSR count). The second-order valence-corrected chi connectivity index (χ2v) is 3.30. The molecule has 1 aliphatic heterocycles. The second-order valence-electron chi connectivity index (χ2n) is 3.30. The van der Waals surface area contributed by atoms with Gasteiger partial charge < -0.3 is 14.4 Å². The average molecular weight is 207 g/mol. The predicted octanol–water partition coefficient (Wildman–Crippen LogP) is 0.882. The van der Waals surface area contributed by atoms with Gasteiger partial charge in [0.2, 0.25) is 0 Å². The number of carbonyl (C=O) groups excluding carboxylic acids is 1. The van der Waals surface area contributed by atoms with Gasteiger partial charge >= 0.3 is 0 Å². The summed E-state index contributed by atoms with van der Waals surface area (Å²) in [7, 11) is 0. The Balaban J connectivity index is 1.80. The largest absolute Gasteiger partial charge is 0.484 e. The molecule has 1 saturated heterocycles. The number of ether oxygens (including phenoxy) is 2. The molecule has 1 amide bonds. The molecule has 0 N–H and O–H groups in total. The van der Waals surface area contributed by atoms with Crippen molar-refractivity contribution in [2.45, 2.75) is 0 Å². The molecule has 1 fully saturated rings. The Kier molecular flexibility index (Phi) is 3.19. The van der Waals surface area contributed by atoms with Crippen molar-refractivity contribution in [2.75, 3.05) is 26.5 Å². The summed E-state index contributed by atoms with van der Waals surface area (Å²) < 4.78 is 10.4. The first-order valence-electron chi connectivity index (χ1n) is 4.89. The van der Waals surface area contributed by atoms with Gasteiger partial charge in [-0.1, -0.05) is 18.2 Å². The molecule has 0 spiro atoms. The highest BCUT2D eigenvalue weighted by Crippen LogP contribution is 2.08. The average Bonchev–Trinajstić information content (AvgIpc) is 2.81. The quantitative estimate of drug-likeness (QED) is 0.738. The van der Waals surface area contributed by atoms with Crippen LogP contribution in [0.5, 0.6) is 5.75 Å². The zero-order valence-corrected chi connectivity index (χ0v) is 8.39. The zero-order valence-electron chi connectivity index (χ0n) is 8.39. The first-order chi connectivity index (χ1) is 7.36. The number of rotatable bonds is 3. The third-order valence-corrected chi connectivity index (χ3v) is 2.21. The molecule has 4 nitrogen and oxygen atoms in total. The third-order valence-electron chi connectivity index (χ3n) is 2.21. The van der Waals surface area contributed by atoms with Crippen LogP contribution < -0.4 is 4.74 Å². The number of amides is 1. The fourth-order valence-electron chi connectivity index (χ4n) is 1.36. The Morgan fingerprint density at radius 2 is 2.20 bits per heavy atom. The van der Waals surface area contributed by atoms with E-state index in [1.807, 2.05) is 30.3 Å². The lowest BCUT2D eigenvalue weighted by Gasteiger charge is -2.13. The van der Waals surface area contributed by atoms with E-state index < -0.39 is 0 Å². The molecule has 0 atom stereocenters. The van der Waals surface area contributed by atoms with E-state index in [0.29, 0.717) is 25.6 Å². The van der Waals surface area contributed by atoms with E-state index in [1.54, 1.807) is 4.90 Å². The van der Waals surface area contributed by atoms with Crippen LogP contribution in [-0.2, 0) is 9.53 Å². The Labute approximate surface area is 88.4 Å². The van der Waals surface area contributed by atoms with Gasteiger partial charge in [-0.2, -0.15) is 0 Å². The summed E-state index contributed by atoms with van der Waals surface area (Å²) in [5, 5.41) is 0. The normalized spacial score (nSPS) is 15.3. The number of para-hydroxylation sites is 1. The molecule has 4 heteroatoms. The number of carbonyl (C=O) groups is 1. The monoisotopic (exact) mass is 207 g/mol. The lowest BCUT2D eigenvalue weighted by molar-refractivity contribution is -0.133. The van der Waals surface area contributed by atoms with Crippen molar-refractivity contribution in [1.29, 1.82) is 0 Å². The number of hydrogen-bond acceptors (Lipinski definition) is 3. The number of hydrogen-bond donors (Lipinski definition) is 0. The maximum atomic E-state index is 11.5. The Morgan fingerprint density at radius 3 is 2.87 bits per heavy atom. The molecule has 80 valence electrons. The zero-order chi connectivity index (χ0) is 10.5. The predicted molar refractivity (Wildman–Crippen MR) is 54.5 cm³/mol. The summed E-state index contributed by atoms with van der Waals surface area (Å²) in [4.78, 5) is 13.2. The van der Waals surface area contributed by atoms with Gasteiger partial charge in [-0.25, -0.2) is 0 Å². The molecule has 0 aromatic heterocycles. The van der Waals surface area contributed by atoms with E-state index in [2.05, 4.69) is 0 Å². The van der Waals surface area contributed by atoms with Crippen molar-refractivity contribution in [3.05, 3.63) is 30.3 Å². The van der Waals surface area contributed by atoms with Crippen LogP contribution in [0, 0.1) is 0 Å². The molecule has 1 aromatic rings. The lowest BCUT2D eigenvalue weighted by Crippen LogP contribution is -2.32. The first kappa shape index (κ1) is 9.98. The van der Waals surface area contributed by atoms with Crippen LogP contribution >= 0.6 is 0 Å². The Bertz CT molecular complexity index is 320. The minimum Gasteiger partial charge on any atom is -0.484 e. The van der Waals surface area contributed by atoms with E-state index in [4.69, 9.17) is 9.47 Å². The van der Waals surface area contributed by atoms with Crippen LogP contribution in [0.1, 0.15) is 0 Å². The minimum absolute atomic E-state index is 0.0312. The van der Waals surface area contributed by atoms with Gasteiger partial charge in [0.25, 0.3) is 5.91 Å². The van der Waals surface area contributed by atoms with Gasteiger partial charge in [0.15, 0.2) is 6.61 Å². The molecule has 0 unspecified atom stereocenters. The molecule has 1 aliphatic rings. The molecule has 0 saturated carbocycles. The van der Waals surface area contributed by atoms with Crippen molar-refractivity contribution in [3.63, 3.8) is 0 Å². The summed E-state index contributed by atoms with van der Waals surface area (Å²) in [6, 6.07) is 9.31. The molecule has 1 heterocycles. The molecule has 1 aromatic carbocycles. The fraction of sp³-hybridized carbons (Fsp3) is 0.364. The molecule has 0 aliphatic carbocycles. The van der Waals surface area contributed by atoms with Gasteiger partial charge in [-0.3, -0.25) is 4.79 Å². The highest BCUT2D eigenvalue weighted by molar-refractivity contribution is 5.77. The summed E-state index contributed by atoms with van der Waals surface area (Å²) in [5.41, 5.74) is 0. The highest BCUT2D eigenvalue weighted by Gasteiger charge is 2.18. The molecular formula is C11H13NO3. The highest BCUT2D eigenvalue weighted by atomic mass is 16.5. The topological polar surface area (TPSA) is 38.8 Å². The van der Waals surface area contributed by atoms with Crippen molar-refractivity contribution < 1.29 is 14.3 Å². The number of benzene rings is 1. The second kappa shape index (κ2) is 4.79. The van der Waals surface area contributed by atoms with Gasteiger partial charge in [0.1, 0.15) is 12.5 Å². The summed E-state index contributed by atoms with van der Waals surface area (Å²) in [5.74, 6) is 0.683. The maximum Gasteiger partial charge on any atom is 0.262 e. The van der Waals surface area contributed by atoms with E-state index in [1.165, 1.54) is 0 Å². The van der Waals surface area contributed by atoms with Crippen LogP contribution in [0.3, 0.4) is 0 Å². The molecular weight excluding hydrogens is 194 g/mol. The maximum absolute atomic E-state index is 11.5. The smallest absolute Gasteiger partial charge is 0.262 e. The van der Waals surface area contributed by atoms with Crippen LogP contribution in [-0.4, -0.2) is 37.3 Å². The Morgan fingerprint density at radius 1 is 1.40 bits per heavy atom. The molecule has 0 radical (unpaired) electrons. The van der Waals surface area contributed by atoms with E-state index in [9.17, 15) is 4.79 Å². The number of nitrogens with zero attached hydrogens (tertiary/aromatic N) is 1. The Hall–Kier alpha value is -1.55. The van der Waals surface area contributed by atoms with E-state index >= 15 is 0 Å². The van der Waals surface area contributed by atoms with Crippen molar-refractivity contribution in [3.8, 4) is 5.75 Å². The summed E-state index contributed by atoms with van der Waals surface area (Å²) in [6.45, 7) is 1.75. The molecule has 15 heavy (non-hydrogen) atoms. The van der Waals surface area contributed by atoms with Gasteiger partial charge in [0, 0.05) is 6.54 Å². The SMILES string of the molecule is O=C(COc1ccccc1)N1CCOC1. The van der Waals surface area contributed by atoms with E-state index in [-0.39, 0.29) is 12.5 Å². The van der Waals surface area contributed by atoms with Gasteiger partial charge in [-0.15, -0.1) is 0 Å². The van der Waals surface area contributed by atoms with Crippen molar-refractivity contribution >= 4 is 5.91 Å². The van der Waals surface area contributed by atoms with Crippen molar-refractivity contribution in [2.24, 2.45) is 0 Å². The lowest BCUT2D eigenvalue weighted by atomic mass is 10.3. The van der Waals surface area contributed by atoms with Gasteiger partial charge in [-0.05, 0) is 12.1 Å². The first-order valence-corrected chi connectivity index (χ1v) is 4.89. The van der Waals surface area contributed by atoms with Crippen LogP contribution in [0.2, 0.25) is 0 Å². The van der Waals surface area contributed by atoms with Crippen molar-refractivity contribution in [1.82, 2.24) is 4.90 Å². The summed E-state index contributed by atoms with van der Waals surface area (Å²) in [6.07, 6.45) is 0. The minimum atomic E-state index is -0.0312. The standard InChI is InChI=1S/C11H13NO3/c13-11(12-6-7-14-9-12)8-15-10-4-2-1-3-5-10/h1-5H,6-9H2.